The zero-order valence-electron chi connectivity index (χ0n) is 16.0. The summed E-state index contributed by atoms with van der Waals surface area (Å²) in [6.45, 7) is 6.89. The SMILES string of the molecule is CC(C)(C)OC(=O)N1CCN(C(=O)CNC(=O)Cc2ccc(F)cc2)CC1. The van der Waals surface area contributed by atoms with E-state index in [1.54, 1.807) is 30.6 Å². The van der Waals surface area contributed by atoms with E-state index >= 15 is 0 Å². The van der Waals surface area contributed by atoms with E-state index in [4.69, 9.17) is 4.74 Å². The standard InChI is InChI=1S/C19H26FN3O4/c1-19(2,3)27-18(26)23-10-8-22(9-11-23)17(25)13-21-16(24)12-14-4-6-15(20)7-5-14/h4-7H,8-13H2,1-3H3,(H,21,24). The first-order chi connectivity index (χ1) is 12.6. The molecule has 0 aliphatic carbocycles. The zero-order valence-corrected chi connectivity index (χ0v) is 16.0. The van der Waals surface area contributed by atoms with Gasteiger partial charge >= 0.3 is 6.09 Å². The predicted molar refractivity (Wildman–Crippen MR) is 97.5 cm³/mol. The van der Waals surface area contributed by atoms with Crippen molar-refractivity contribution in [3.8, 4) is 0 Å². The van der Waals surface area contributed by atoms with Crippen molar-refractivity contribution in [3.05, 3.63) is 35.6 Å². The molecule has 0 spiro atoms. The quantitative estimate of drug-likeness (QED) is 0.861. The van der Waals surface area contributed by atoms with E-state index in [0.717, 1.165) is 0 Å². The molecule has 3 amide bonds. The molecule has 2 rings (SSSR count). The summed E-state index contributed by atoms with van der Waals surface area (Å²) in [5, 5.41) is 2.58. The number of hydrogen-bond donors (Lipinski definition) is 1. The highest BCUT2D eigenvalue weighted by molar-refractivity contribution is 5.85. The second kappa shape index (κ2) is 8.83. The zero-order chi connectivity index (χ0) is 20.0. The molecule has 1 saturated heterocycles. The van der Waals surface area contributed by atoms with E-state index in [0.29, 0.717) is 31.7 Å². The lowest BCUT2D eigenvalue weighted by Gasteiger charge is -2.35. The van der Waals surface area contributed by atoms with E-state index in [9.17, 15) is 18.8 Å². The maximum Gasteiger partial charge on any atom is 0.410 e. The largest absolute Gasteiger partial charge is 0.444 e. The maximum atomic E-state index is 12.9. The van der Waals surface area contributed by atoms with Crippen molar-refractivity contribution in [1.82, 2.24) is 15.1 Å². The first-order valence-electron chi connectivity index (χ1n) is 8.91. The van der Waals surface area contributed by atoms with Crippen LogP contribution in [0.25, 0.3) is 0 Å². The number of nitrogens with zero attached hydrogens (tertiary/aromatic N) is 2. The fourth-order valence-corrected chi connectivity index (χ4v) is 2.60. The van der Waals surface area contributed by atoms with Crippen LogP contribution < -0.4 is 5.32 Å². The van der Waals surface area contributed by atoms with Crippen LogP contribution in [-0.4, -0.2) is 66.0 Å². The van der Waals surface area contributed by atoms with Gasteiger partial charge in [0, 0.05) is 26.2 Å². The van der Waals surface area contributed by atoms with Gasteiger partial charge in [0.1, 0.15) is 11.4 Å². The Morgan fingerprint density at radius 2 is 1.59 bits per heavy atom. The molecule has 1 aliphatic rings. The van der Waals surface area contributed by atoms with Crippen LogP contribution in [0.1, 0.15) is 26.3 Å². The fourth-order valence-electron chi connectivity index (χ4n) is 2.60. The van der Waals surface area contributed by atoms with Crippen molar-refractivity contribution in [2.75, 3.05) is 32.7 Å². The smallest absolute Gasteiger partial charge is 0.410 e. The second-order valence-electron chi connectivity index (χ2n) is 7.43. The van der Waals surface area contributed by atoms with Crippen LogP contribution in [0, 0.1) is 5.82 Å². The Kier molecular flexibility index (Phi) is 6.76. The molecule has 0 bridgehead atoms. The molecule has 1 aromatic carbocycles. The molecule has 0 aromatic heterocycles. The van der Waals surface area contributed by atoms with Gasteiger partial charge in [0.15, 0.2) is 0 Å². The summed E-state index contributed by atoms with van der Waals surface area (Å²) < 4.78 is 18.2. The first kappa shape index (κ1) is 20.7. The van der Waals surface area contributed by atoms with Gasteiger partial charge in [-0.25, -0.2) is 9.18 Å². The Morgan fingerprint density at radius 1 is 1.04 bits per heavy atom. The average molecular weight is 379 g/mol. The third-order valence-electron chi connectivity index (χ3n) is 4.00. The molecular weight excluding hydrogens is 353 g/mol. The van der Waals surface area contributed by atoms with Gasteiger partial charge < -0.3 is 19.9 Å². The molecule has 1 heterocycles. The van der Waals surface area contributed by atoms with Crippen LogP contribution in [0.4, 0.5) is 9.18 Å². The number of carbonyl (C=O) groups excluding carboxylic acids is 3. The maximum absolute atomic E-state index is 12.9. The first-order valence-corrected chi connectivity index (χ1v) is 8.91. The van der Waals surface area contributed by atoms with Gasteiger partial charge in [0.05, 0.1) is 13.0 Å². The number of halogens is 1. The molecule has 1 N–H and O–H groups in total. The van der Waals surface area contributed by atoms with Crippen molar-refractivity contribution in [1.29, 1.82) is 0 Å². The van der Waals surface area contributed by atoms with Crippen molar-refractivity contribution >= 4 is 17.9 Å². The molecule has 0 atom stereocenters. The highest BCUT2D eigenvalue weighted by Gasteiger charge is 2.27. The Hall–Kier alpha value is -2.64. The topological polar surface area (TPSA) is 79.0 Å². The van der Waals surface area contributed by atoms with Gasteiger partial charge in [-0.3, -0.25) is 9.59 Å². The summed E-state index contributed by atoms with van der Waals surface area (Å²) in [6, 6.07) is 5.65. The minimum absolute atomic E-state index is 0.0833. The van der Waals surface area contributed by atoms with E-state index < -0.39 is 5.60 Å². The van der Waals surface area contributed by atoms with Crippen LogP contribution in [0.15, 0.2) is 24.3 Å². The van der Waals surface area contributed by atoms with E-state index in [1.807, 2.05) is 0 Å². The molecule has 0 saturated carbocycles. The fraction of sp³-hybridized carbons (Fsp3) is 0.526. The van der Waals surface area contributed by atoms with Gasteiger partial charge in [-0.1, -0.05) is 12.1 Å². The molecule has 1 aliphatic heterocycles. The molecule has 148 valence electrons. The Balaban J connectivity index is 1.72. The number of amides is 3. The molecule has 0 unspecified atom stereocenters. The summed E-state index contributed by atoms with van der Waals surface area (Å²) in [5.74, 6) is -0.867. The number of hydrogen-bond acceptors (Lipinski definition) is 4. The monoisotopic (exact) mass is 379 g/mol. The Labute approximate surface area is 158 Å². The molecule has 0 radical (unpaired) electrons. The van der Waals surface area contributed by atoms with Gasteiger partial charge in [-0.15, -0.1) is 0 Å². The number of piperazine rings is 1. The van der Waals surface area contributed by atoms with E-state index in [-0.39, 0.29) is 36.7 Å². The summed E-state index contributed by atoms with van der Waals surface area (Å²) in [5.41, 5.74) is 0.117. The minimum Gasteiger partial charge on any atom is -0.444 e. The van der Waals surface area contributed by atoms with Crippen LogP contribution in [-0.2, 0) is 20.7 Å². The lowest BCUT2D eigenvalue weighted by Crippen LogP contribution is -2.53. The van der Waals surface area contributed by atoms with Gasteiger partial charge in [-0.05, 0) is 38.5 Å². The van der Waals surface area contributed by atoms with Crippen molar-refractivity contribution in [2.45, 2.75) is 32.8 Å². The number of nitrogens with one attached hydrogen (secondary N) is 1. The summed E-state index contributed by atoms with van der Waals surface area (Å²) in [4.78, 5) is 39.3. The van der Waals surface area contributed by atoms with Crippen LogP contribution in [0.5, 0.6) is 0 Å². The molecule has 1 fully saturated rings. The number of rotatable bonds is 4. The van der Waals surface area contributed by atoms with Crippen molar-refractivity contribution in [2.24, 2.45) is 0 Å². The predicted octanol–water partition coefficient (Wildman–Crippen LogP) is 1.56. The summed E-state index contributed by atoms with van der Waals surface area (Å²) >= 11 is 0. The lowest BCUT2D eigenvalue weighted by atomic mass is 10.1. The summed E-state index contributed by atoms with van der Waals surface area (Å²) in [7, 11) is 0. The normalized spacial score (nSPS) is 14.7. The highest BCUT2D eigenvalue weighted by atomic mass is 19.1. The third-order valence-corrected chi connectivity index (χ3v) is 4.00. The van der Waals surface area contributed by atoms with Crippen LogP contribution in [0.3, 0.4) is 0 Å². The molecular formula is C19H26FN3O4. The van der Waals surface area contributed by atoms with E-state index in [1.165, 1.54) is 24.3 Å². The van der Waals surface area contributed by atoms with Crippen molar-refractivity contribution < 1.29 is 23.5 Å². The van der Waals surface area contributed by atoms with Crippen LogP contribution in [0.2, 0.25) is 0 Å². The third kappa shape index (κ3) is 6.88. The lowest BCUT2D eigenvalue weighted by molar-refractivity contribution is -0.134. The number of carbonyl (C=O) groups is 3. The van der Waals surface area contributed by atoms with Gasteiger partial charge in [0.2, 0.25) is 11.8 Å². The Morgan fingerprint density at radius 3 is 2.15 bits per heavy atom. The van der Waals surface area contributed by atoms with E-state index in [2.05, 4.69) is 5.32 Å². The minimum atomic E-state index is -0.557. The highest BCUT2D eigenvalue weighted by Crippen LogP contribution is 2.12. The van der Waals surface area contributed by atoms with Crippen molar-refractivity contribution in [3.63, 3.8) is 0 Å². The summed E-state index contributed by atoms with van der Waals surface area (Å²) in [6.07, 6.45) is -0.304. The molecule has 1 aromatic rings. The molecule has 8 heteroatoms. The van der Waals surface area contributed by atoms with Crippen LogP contribution >= 0.6 is 0 Å². The average Bonchev–Trinajstić information content (AvgIpc) is 2.60. The van der Waals surface area contributed by atoms with Gasteiger partial charge in [-0.2, -0.15) is 0 Å². The number of ether oxygens (including phenoxy) is 1. The number of benzene rings is 1. The molecule has 27 heavy (non-hydrogen) atoms. The second-order valence-corrected chi connectivity index (χ2v) is 7.43. The molecule has 7 nitrogen and oxygen atoms in total. The Bertz CT molecular complexity index is 677. The van der Waals surface area contributed by atoms with Gasteiger partial charge in [0.25, 0.3) is 0 Å².